The molecule has 3 nitrogen and oxygen atoms in total. The smallest absolute Gasteiger partial charge is 0.0835 e. The van der Waals surface area contributed by atoms with Gasteiger partial charge in [-0.1, -0.05) is 27.2 Å². The second-order valence-electron chi connectivity index (χ2n) is 2.61. The van der Waals surface area contributed by atoms with Gasteiger partial charge in [-0.2, -0.15) is 0 Å². The average Bonchev–Trinajstić information content (AvgIpc) is 2.47. The molecule has 0 amide bonds. The number of halogens is 1. The summed E-state index contributed by atoms with van der Waals surface area (Å²) in [5.74, 6) is 0. The van der Waals surface area contributed by atoms with Crippen molar-refractivity contribution in [2.45, 2.75) is 13.3 Å². The molecule has 12 heavy (non-hydrogen) atoms. The predicted octanol–water partition coefficient (Wildman–Crippen LogP) is 2.00. The van der Waals surface area contributed by atoms with E-state index in [1.807, 2.05) is 7.05 Å². The van der Waals surface area contributed by atoms with Crippen LogP contribution in [0.1, 0.15) is 19.0 Å². The molecule has 0 fully saturated rings. The van der Waals surface area contributed by atoms with Gasteiger partial charge in [-0.05, 0) is 18.9 Å². The van der Waals surface area contributed by atoms with Crippen LogP contribution in [0.15, 0.2) is 12.3 Å². The summed E-state index contributed by atoms with van der Waals surface area (Å²) in [7, 11) is 1.90. The van der Waals surface area contributed by atoms with Gasteiger partial charge in [0.05, 0.1) is 11.9 Å². The number of nitrogens with zero attached hydrogens (tertiary/aromatic N) is 3. The Kier molecular flexibility index (Phi) is 3.47. The standard InChI is InChI=1S/C8H12BrN3/c1-7(4-3-5-9)8-6-10-11-12(8)2/h4,6H,3,5H2,1-2H3. The van der Waals surface area contributed by atoms with Crippen molar-refractivity contribution >= 4 is 21.5 Å². The third kappa shape index (κ3) is 2.17. The minimum atomic E-state index is 0.996. The highest BCUT2D eigenvalue weighted by Crippen LogP contribution is 2.11. The molecule has 0 aliphatic rings. The Hall–Kier alpha value is -0.640. The second-order valence-corrected chi connectivity index (χ2v) is 3.40. The fraction of sp³-hybridized carbons (Fsp3) is 0.500. The highest BCUT2D eigenvalue weighted by molar-refractivity contribution is 9.09. The molecule has 66 valence electrons. The molecule has 1 aromatic rings. The maximum atomic E-state index is 3.86. The Bertz CT molecular complexity index is 278. The van der Waals surface area contributed by atoms with Crippen LogP contribution < -0.4 is 0 Å². The van der Waals surface area contributed by atoms with Crippen LogP contribution in [0.25, 0.3) is 5.57 Å². The maximum Gasteiger partial charge on any atom is 0.0835 e. The number of alkyl halides is 1. The predicted molar refractivity (Wildman–Crippen MR) is 53.1 cm³/mol. The van der Waals surface area contributed by atoms with E-state index in [2.05, 4.69) is 39.2 Å². The number of aromatic nitrogens is 3. The second kappa shape index (κ2) is 4.40. The zero-order valence-corrected chi connectivity index (χ0v) is 8.87. The third-order valence-corrected chi connectivity index (χ3v) is 2.14. The molecule has 1 heterocycles. The molecule has 0 N–H and O–H groups in total. The summed E-state index contributed by atoms with van der Waals surface area (Å²) in [4.78, 5) is 0. The van der Waals surface area contributed by atoms with Crippen LogP contribution in [0, 0.1) is 0 Å². The van der Waals surface area contributed by atoms with Crippen LogP contribution in [0.2, 0.25) is 0 Å². The monoisotopic (exact) mass is 229 g/mol. The summed E-state index contributed by atoms with van der Waals surface area (Å²) in [6.45, 7) is 2.07. The molecular formula is C8H12BrN3. The first kappa shape index (κ1) is 9.45. The average molecular weight is 230 g/mol. The van der Waals surface area contributed by atoms with Crippen LogP contribution in [0.3, 0.4) is 0 Å². The van der Waals surface area contributed by atoms with E-state index in [4.69, 9.17) is 0 Å². The van der Waals surface area contributed by atoms with Crippen molar-refractivity contribution in [3.8, 4) is 0 Å². The third-order valence-electron chi connectivity index (χ3n) is 1.68. The van der Waals surface area contributed by atoms with E-state index in [0.29, 0.717) is 0 Å². The molecule has 0 unspecified atom stereocenters. The highest BCUT2D eigenvalue weighted by Gasteiger charge is 2.00. The van der Waals surface area contributed by atoms with E-state index in [1.165, 1.54) is 5.57 Å². The van der Waals surface area contributed by atoms with E-state index < -0.39 is 0 Å². The Labute approximate surface area is 80.6 Å². The first-order chi connectivity index (χ1) is 5.75. The maximum absolute atomic E-state index is 3.86. The first-order valence-electron chi connectivity index (χ1n) is 3.83. The molecular weight excluding hydrogens is 218 g/mol. The minimum absolute atomic E-state index is 0.996. The van der Waals surface area contributed by atoms with E-state index in [-0.39, 0.29) is 0 Å². The van der Waals surface area contributed by atoms with Crippen LogP contribution in [-0.2, 0) is 7.05 Å². The van der Waals surface area contributed by atoms with E-state index in [1.54, 1.807) is 10.9 Å². The summed E-state index contributed by atoms with van der Waals surface area (Å²) in [6.07, 6.45) is 4.99. The van der Waals surface area contributed by atoms with Crippen molar-refractivity contribution in [2.75, 3.05) is 5.33 Å². The number of hydrogen-bond donors (Lipinski definition) is 0. The summed E-state index contributed by atoms with van der Waals surface area (Å²) in [6, 6.07) is 0. The summed E-state index contributed by atoms with van der Waals surface area (Å²) in [5.41, 5.74) is 2.30. The van der Waals surface area contributed by atoms with Gasteiger partial charge in [-0.25, -0.2) is 4.68 Å². The SMILES string of the molecule is CC(=CCCBr)c1cnnn1C. The van der Waals surface area contributed by atoms with Gasteiger partial charge in [0.15, 0.2) is 0 Å². The van der Waals surface area contributed by atoms with Gasteiger partial charge in [0, 0.05) is 12.4 Å². The van der Waals surface area contributed by atoms with Crippen molar-refractivity contribution in [3.63, 3.8) is 0 Å². The highest BCUT2D eigenvalue weighted by atomic mass is 79.9. The molecule has 0 aliphatic heterocycles. The molecule has 0 spiro atoms. The first-order valence-corrected chi connectivity index (χ1v) is 4.95. The molecule has 1 aromatic heterocycles. The van der Waals surface area contributed by atoms with Gasteiger partial charge < -0.3 is 0 Å². The van der Waals surface area contributed by atoms with E-state index >= 15 is 0 Å². The van der Waals surface area contributed by atoms with Crippen LogP contribution in [-0.4, -0.2) is 20.3 Å². The normalized spacial score (nSPS) is 12.1. The summed E-state index contributed by atoms with van der Waals surface area (Å²) in [5, 5.41) is 8.67. The molecule has 0 aliphatic carbocycles. The largest absolute Gasteiger partial charge is 0.248 e. The minimum Gasteiger partial charge on any atom is -0.248 e. The van der Waals surface area contributed by atoms with Crippen LogP contribution in [0.5, 0.6) is 0 Å². The lowest BCUT2D eigenvalue weighted by molar-refractivity contribution is 0.707. The van der Waals surface area contributed by atoms with Crippen LogP contribution >= 0.6 is 15.9 Å². The fourth-order valence-electron chi connectivity index (χ4n) is 1.02. The number of aryl methyl sites for hydroxylation is 1. The van der Waals surface area contributed by atoms with Crippen molar-refractivity contribution in [1.29, 1.82) is 0 Å². The van der Waals surface area contributed by atoms with Gasteiger partial charge in [0.25, 0.3) is 0 Å². The molecule has 0 saturated heterocycles. The number of rotatable bonds is 3. The van der Waals surface area contributed by atoms with Gasteiger partial charge >= 0.3 is 0 Å². The van der Waals surface area contributed by atoms with Crippen molar-refractivity contribution < 1.29 is 0 Å². The quantitative estimate of drug-likeness (QED) is 0.743. The molecule has 1 rings (SSSR count). The Balaban J connectivity index is 2.77. The topological polar surface area (TPSA) is 30.7 Å². The van der Waals surface area contributed by atoms with Crippen molar-refractivity contribution in [1.82, 2.24) is 15.0 Å². The van der Waals surface area contributed by atoms with Gasteiger partial charge in [-0.3, -0.25) is 0 Å². The molecule has 0 aromatic carbocycles. The lowest BCUT2D eigenvalue weighted by Crippen LogP contribution is -1.95. The lowest BCUT2D eigenvalue weighted by atomic mass is 10.2. The lowest BCUT2D eigenvalue weighted by Gasteiger charge is -1.98. The van der Waals surface area contributed by atoms with Gasteiger partial charge in [-0.15, -0.1) is 5.10 Å². The molecule has 0 atom stereocenters. The fourth-order valence-corrected chi connectivity index (χ4v) is 1.25. The molecule has 0 radical (unpaired) electrons. The van der Waals surface area contributed by atoms with Crippen molar-refractivity contribution in [2.24, 2.45) is 7.05 Å². The zero-order valence-electron chi connectivity index (χ0n) is 7.29. The number of allylic oxidation sites excluding steroid dienone is 2. The zero-order chi connectivity index (χ0) is 8.97. The Morgan fingerprint density at radius 2 is 2.50 bits per heavy atom. The Morgan fingerprint density at radius 3 is 3.00 bits per heavy atom. The van der Waals surface area contributed by atoms with Crippen LogP contribution in [0.4, 0.5) is 0 Å². The van der Waals surface area contributed by atoms with E-state index in [0.717, 1.165) is 17.4 Å². The molecule has 0 saturated carbocycles. The molecule has 4 heteroatoms. The number of hydrogen-bond acceptors (Lipinski definition) is 2. The summed E-state index contributed by atoms with van der Waals surface area (Å²) < 4.78 is 1.78. The van der Waals surface area contributed by atoms with Gasteiger partial charge in [0.2, 0.25) is 0 Å². The Morgan fingerprint density at radius 1 is 1.75 bits per heavy atom. The van der Waals surface area contributed by atoms with Gasteiger partial charge in [0.1, 0.15) is 0 Å². The van der Waals surface area contributed by atoms with Crippen molar-refractivity contribution in [3.05, 3.63) is 18.0 Å². The van der Waals surface area contributed by atoms with E-state index in [9.17, 15) is 0 Å². The molecule has 0 bridgehead atoms. The summed E-state index contributed by atoms with van der Waals surface area (Å²) >= 11 is 3.38.